The number of thioether (sulfide) groups is 1. The predicted octanol–water partition coefficient (Wildman–Crippen LogP) is 3.06. The van der Waals surface area contributed by atoms with Crippen molar-refractivity contribution in [2.75, 3.05) is 6.26 Å². The molecule has 0 amide bonds. The fourth-order valence-corrected chi connectivity index (χ4v) is 1.64. The second-order valence-electron chi connectivity index (χ2n) is 2.86. The molecule has 0 N–H and O–H groups in total. The summed E-state index contributed by atoms with van der Waals surface area (Å²) in [5.74, 6) is -0.623. The van der Waals surface area contributed by atoms with Crippen molar-refractivity contribution in [1.29, 1.82) is 0 Å². The van der Waals surface area contributed by atoms with Crippen LogP contribution >= 0.6 is 11.8 Å². The summed E-state index contributed by atoms with van der Waals surface area (Å²) < 4.78 is 13.3. The molecule has 3 heteroatoms. The summed E-state index contributed by atoms with van der Waals surface area (Å²) in [6, 6.07) is 3.34. The Morgan fingerprint density at radius 1 is 1.46 bits per heavy atom. The van der Waals surface area contributed by atoms with Crippen LogP contribution in [-0.4, -0.2) is 12.0 Å². The van der Waals surface area contributed by atoms with Gasteiger partial charge in [-0.05, 0) is 37.8 Å². The van der Waals surface area contributed by atoms with E-state index in [-0.39, 0.29) is 11.3 Å². The maximum Gasteiger partial charge on any atom is 0.162 e. The number of hydrogen-bond acceptors (Lipinski definition) is 2. The smallest absolute Gasteiger partial charge is 0.162 e. The van der Waals surface area contributed by atoms with E-state index in [1.807, 2.05) is 6.26 Å². The monoisotopic (exact) mass is 198 g/mol. The summed E-state index contributed by atoms with van der Waals surface area (Å²) in [6.07, 6.45) is 1.90. The molecule has 0 heterocycles. The van der Waals surface area contributed by atoms with Gasteiger partial charge in [0.2, 0.25) is 0 Å². The molecule has 0 fully saturated rings. The van der Waals surface area contributed by atoms with Gasteiger partial charge >= 0.3 is 0 Å². The van der Waals surface area contributed by atoms with Crippen LogP contribution in [0.15, 0.2) is 17.0 Å². The van der Waals surface area contributed by atoms with E-state index < -0.39 is 5.82 Å². The van der Waals surface area contributed by atoms with Gasteiger partial charge in [-0.1, -0.05) is 0 Å². The van der Waals surface area contributed by atoms with Crippen LogP contribution in [0.3, 0.4) is 0 Å². The number of benzene rings is 1. The molecule has 1 nitrogen and oxygen atoms in total. The lowest BCUT2D eigenvalue weighted by molar-refractivity contribution is 0.101. The van der Waals surface area contributed by atoms with E-state index in [9.17, 15) is 9.18 Å². The molecule has 0 radical (unpaired) electrons. The Hall–Kier alpha value is -0.830. The van der Waals surface area contributed by atoms with Gasteiger partial charge in [0.25, 0.3) is 0 Å². The average molecular weight is 198 g/mol. The maximum absolute atomic E-state index is 13.3. The van der Waals surface area contributed by atoms with E-state index in [1.165, 1.54) is 18.7 Å². The first-order valence-corrected chi connectivity index (χ1v) is 5.13. The second kappa shape index (κ2) is 3.92. The molecule has 0 saturated heterocycles. The van der Waals surface area contributed by atoms with Crippen molar-refractivity contribution in [3.05, 3.63) is 29.1 Å². The van der Waals surface area contributed by atoms with Crippen molar-refractivity contribution < 1.29 is 9.18 Å². The number of Topliss-reactive ketones (excluding diaryl/α,β-unsaturated/α-hetero) is 1. The van der Waals surface area contributed by atoms with Crippen molar-refractivity contribution in [3.8, 4) is 0 Å². The molecule has 70 valence electrons. The third kappa shape index (κ3) is 2.10. The first-order chi connectivity index (χ1) is 6.06. The van der Waals surface area contributed by atoms with Gasteiger partial charge in [-0.25, -0.2) is 4.39 Å². The predicted molar refractivity (Wildman–Crippen MR) is 52.9 cm³/mol. The molecule has 1 rings (SSSR count). The molecule has 0 saturated carbocycles. The van der Waals surface area contributed by atoms with E-state index in [0.29, 0.717) is 5.56 Å². The lowest BCUT2D eigenvalue weighted by Crippen LogP contribution is -1.99. The minimum atomic E-state index is -0.398. The Morgan fingerprint density at radius 2 is 2.08 bits per heavy atom. The second-order valence-corrected chi connectivity index (χ2v) is 3.74. The van der Waals surface area contributed by atoms with Crippen LogP contribution in [0.5, 0.6) is 0 Å². The zero-order valence-electron chi connectivity index (χ0n) is 7.85. The van der Waals surface area contributed by atoms with Crippen molar-refractivity contribution in [2.24, 2.45) is 0 Å². The Morgan fingerprint density at radius 3 is 2.54 bits per heavy atom. The van der Waals surface area contributed by atoms with Gasteiger partial charge in [0, 0.05) is 4.90 Å². The Labute approximate surface area is 81.3 Å². The number of rotatable bonds is 2. The van der Waals surface area contributed by atoms with Crippen LogP contribution in [0, 0.1) is 12.7 Å². The molecule has 0 aliphatic rings. The van der Waals surface area contributed by atoms with E-state index in [0.717, 1.165) is 4.90 Å². The lowest BCUT2D eigenvalue weighted by Gasteiger charge is -2.04. The first-order valence-electron chi connectivity index (χ1n) is 3.91. The number of halogens is 1. The number of ketones is 1. The zero-order chi connectivity index (χ0) is 10.0. The molecule has 0 bridgehead atoms. The van der Waals surface area contributed by atoms with Crippen molar-refractivity contribution in [3.63, 3.8) is 0 Å². The fourth-order valence-electron chi connectivity index (χ4n) is 1.11. The summed E-state index contributed by atoms with van der Waals surface area (Å²) in [4.78, 5) is 12.0. The van der Waals surface area contributed by atoms with E-state index in [4.69, 9.17) is 0 Å². The number of carbonyl (C=O) groups excluding carboxylic acids is 1. The van der Waals surface area contributed by atoms with Crippen LogP contribution in [0.1, 0.15) is 22.8 Å². The van der Waals surface area contributed by atoms with Crippen LogP contribution in [0.2, 0.25) is 0 Å². The molecule has 0 aromatic heterocycles. The Bertz CT molecular complexity index is 347. The van der Waals surface area contributed by atoms with E-state index in [2.05, 4.69) is 0 Å². The minimum absolute atomic E-state index is 0.185. The molecule has 1 aromatic rings. The summed E-state index contributed by atoms with van der Waals surface area (Å²) in [5, 5.41) is 0. The highest BCUT2D eigenvalue weighted by molar-refractivity contribution is 7.98. The molecule has 0 atom stereocenters. The number of aryl methyl sites for hydroxylation is 1. The third-order valence-corrected chi connectivity index (χ3v) is 2.55. The number of carbonyl (C=O) groups is 1. The minimum Gasteiger partial charge on any atom is -0.294 e. The van der Waals surface area contributed by atoms with Crippen molar-refractivity contribution in [2.45, 2.75) is 18.7 Å². The first kappa shape index (κ1) is 10.3. The highest BCUT2D eigenvalue weighted by Crippen LogP contribution is 2.22. The molecular formula is C10H11FOS. The van der Waals surface area contributed by atoms with E-state index >= 15 is 0 Å². The fraction of sp³-hybridized carbons (Fsp3) is 0.300. The highest BCUT2D eigenvalue weighted by Gasteiger charge is 2.10. The van der Waals surface area contributed by atoms with Crippen LogP contribution in [-0.2, 0) is 0 Å². The Balaban J connectivity index is 3.33. The van der Waals surface area contributed by atoms with Gasteiger partial charge in [-0.3, -0.25) is 4.79 Å². The molecule has 0 aliphatic carbocycles. The van der Waals surface area contributed by atoms with Gasteiger partial charge in [0.05, 0.1) is 5.56 Å². The van der Waals surface area contributed by atoms with Crippen molar-refractivity contribution in [1.82, 2.24) is 0 Å². The largest absolute Gasteiger partial charge is 0.294 e. The molecule has 1 aromatic carbocycles. The lowest BCUT2D eigenvalue weighted by atomic mass is 10.1. The third-order valence-electron chi connectivity index (χ3n) is 1.84. The average Bonchev–Trinajstić information content (AvgIpc) is 2.09. The van der Waals surface area contributed by atoms with Gasteiger partial charge in [-0.2, -0.15) is 0 Å². The van der Waals surface area contributed by atoms with Gasteiger partial charge < -0.3 is 0 Å². The topological polar surface area (TPSA) is 17.1 Å². The van der Waals surface area contributed by atoms with Crippen LogP contribution in [0.4, 0.5) is 4.39 Å². The summed E-state index contributed by atoms with van der Waals surface area (Å²) >= 11 is 1.50. The highest BCUT2D eigenvalue weighted by atomic mass is 32.2. The molecule has 0 aliphatic heterocycles. The zero-order valence-corrected chi connectivity index (χ0v) is 8.67. The molecule has 0 unspecified atom stereocenters. The molecular weight excluding hydrogens is 187 g/mol. The molecule has 13 heavy (non-hydrogen) atoms. The van der Waals surface area contributed by atoms with Gasteiger partial charge in [0.15, 0.2) is 5.78 Å². The summed E-state index contributed by atoms with van der Waals surface area (Å²) in [6.45, 7) is 3.05. The maximum atomic E-state index is 13.3. The normalized spacial score (nSPS) is 10.2. The van der Waals surface area contributed by atoms with Crippen LogP contribution < -0.4 is 0 Å². The van der Waals surface area contributed by atoms with Gasteiger partial charge in [-0.15, -0.1) is 11.8 Å². The Kier molecular flexibility index (Phi) is 3.09. The van der Waals surface area contributed by atoms with Crippen LogP contribution in [0.25, 0.3) is 0 Å². The number of hydrogen-bond donors (Lipinski definition) is 0. The summed E-state index contributed by atoms with van der Waals surface area (Å²) in [7, 11) is 0. The SMILES string of the molecule is CSc1cc(C)c(F)c(C(C)=O)c1. The van der Waals surface area contributed by atoms with Gasteiger partial charge in [0.1, 0.15) is 5.82 Å². The van der Waals surface area contributed by atoms with Crippen molar-refractivity contribution >= 4 is 17.5 Å². The standard InChI is InChI=1S/C10H11FOS/c1-6-4-8(13-3)5-9(7(2)12)10(6)11/h4-5H,1-3H3. The summed E-state index contributed by atoms with van der Waals surface area (Å²) in [5.41, 5.74) is 0.710. The quantitative estimate of drug-likeness (QED) is 0.536. The van der Waals surface area contributed by atoms with E-state index in [1.54, 1.807) is 19.1 Å². The molecule has 0 spiro atoms.